The maximum atomic E-state index is 13.5. The fraction of sp³-hybridized carbons (Fsp3) is 0.533. The number of nitrogens with one attached hydrogen (secondary N) is 1. The van der Waals surface area contributed by atoms with Crippen LogP contribution in [0.15, 0.2) is 18.5 Å². The zero-order valence-corrected chi connectivity index (χ0v) is 11.8. The zero-order chi connectivity index (χ0) is 15.3. The molecule has 1 fully saturated rings. The molecule has 0 saturated heterocycles. The number of nitrogens with zero attached hydrogens (tertiary/aromatic N) is 1. The van der Waals surface area contributed by atoms with Gasteiger partial charge in [-0.25, -0.2) is 4.39 Å². The van der Waals surface area contributed by atoms with E-state index in [1.54, 1.807) is 0 Å². The lowest BCUT2D eigenvalue weighted by Gasteiger charge is -2.35. The Bertz CT molecular complexity index is 527. The van der Waals surface area contributed by atoms with Gasteiger partial charge in [-0.3, -0.25) is 14.6 Å². The quantitative estimate of drug-likeness (QED) is 0.875. The number of carboxylic acid groups (broad SMARTS) is 1. The highest BCUT2D eigenvalue weighted by molar-refractivity contribution is 5.91. The molecule has 0 radical (unpaired) electrons. The Hall–Kier alpha value is -1.98. The summed E-state index contributed by atoms with van der Waals surface area (Å²) in [6.45, 7) is 0. The Labute approximate surface area is 122 Å². The Morgan fingerprint density at radius 3 is 2.62 bits per heavy atom. The first-order chi connectivity index (χ1) is 10.0. The average Bonchev–Trinajstić information content (AvgIpc) is 2.41. The van der Waals surface area contributed by atoms with Gasteiger partial charge in [-0.15, -0.1) is 0 Å². The molecule has 1 heterocycles. The molecule has 1 amide bonds. The Morgan fingerprint density at radius 1 is 1.29 bits per heavy atom. The smallest absolute Gasteiger partial charge is 0.303 e. The predicted octanol–water partition coefficient (Wildman–Crippen LogP) is 2.97. The second-order valence-electron chi connectivity index (χ2n) is 5.71. The maximum Gasteiger partial charge on any atom is 0.303 e. The third-order valence-electron chi connectivity index (χ3n) is 4.02. The van der Waals surface area contributed by atoms with Crippen molar-refractivity contribution >= 4 is 17.6 Å². The van der Waals surface area contributed by atoms with Gasteiger partial charge in [-0.05, 0) is 24.3 Å². The molecule has 0 aromatic carbocycles. The number of amides is 1. The number of pyridine rings is 1. The molecule has 1 aliphatic rings. The van der Waals surface area contributed by atoms with E-state index in [2.05, 4.69) is 10.3 Å². The van der Waals surface area contributed by atoms with Crippen LogP contribution in [-0.2, 0) is 9.59 Å². The lowest BCUT2D eigenvalue weighted by Crippen LogP contribution is -2.32. The summed E-state index contributed by atoms with van der Waals surface area (Å²) in [6, 6.07) is 1.39. The second-order valence-corrected chi connectivity index (χ2v) is 5.71. The van der Waals surface area contributed by atoms with Gasteiger partial charge < -0.3 is 10.4 Å². The van der Waals surface area contributed by atoms with Gasteiger partial charge >= 0.3 is 5.97 Å². The molecule has 1 saturated carbocycles. The Kier molecular flexibility index (Phi) is 4.88. The lowest BCUT2D eigenvalue weighted by molar-refractivity contribution is -0.140. The van der Waals surface area contributed by atoms with Crippen molar-refractivity contribution in [3.63, 3.8) is 0 Å². The molecule has 21 heavy (non-hydrogen) atoms. The van der Waals surface area contributed by atoms with E-state index >= 15 is 0 Å². The van der Waals surface area contributed by atoms with Gasteiger partial charge in [-0.2, -0.15) is 0 Å². The molecule has 0 bridgehead atoms. The highest BCUT2D eigenvalue weighted by Crippen LogP contribution is 2.42. The number of rotatable bonds is 5. The van der Waals surface area contributed by atoms with Gasteiger partial charge in [0.1, 0.15) is 0 Å². The molecule has 2 N–H and O–H groups in total. The van der Waals surface area contributed by atoms with E-state index in [-0.39, 0.29) is 24.4 Å². The number of aliphatic carboxylic acids is 1. The molecule has 2 rings (SSSR count). The zero-order valence-electron chi connectivity index (χ0n) is 11.8. The summed E-state index contributed by atoms with van der Waals surface area (Å²) in [6.07, 6.45) is 6.92. The molecule has 6 heteroatoms. The second kappa shape index (κ2) is 6.65. The summed E-state index contributed by atoms with van der Waals surface area (Å²) >= 11 is 0. The van der Waals surface area contributed by atoms with E-state index in [1.165, 1.54) is 12.3 Å². The number of halogens is 1. The predicted molar refractivity (Wildman–Crippen MR) is 75.2 cm³/mol. The van der Waals surface area contributed by atoms with Crippen molar-refractivity contribution in [2.75, 3.05) is 5.32 Å². The first kappa shape index (κ1) is 15.4. The van der Waals surface area contributed by atoms with Gasteiger partial charge in [-0.1, -0.05) is 19.3 Å². The minimum absolute atomic E-state index is 0.0146. The third kappa shape index (κ3) is 4.24. The molecule has 114 valence electrons. The summed E-state index contributed by atoms with van der Waals surface area (Å²) < 4.78 is 13.5. The highest BCUT2D eigenvalue weighted by atomic mass is 19.1. The average molecular weight is 294 g/mol. The number of carboxylic acids is 1. The number of carbonyl (C=O) groups is 2. The van der Waals surface area contributed by atoms with Gasteiger partial charge in [0, 0.05) is 12.6 Å². The lowest BCUT2D eigenvalue weighted by atomic mass is 9.69. The van der Waals surface area contributed by atoms with Crippen LogP contribution in [0.4, 0.5) is 10.1 Å². The van der Waals surface area contributed by atoms with Crippen LogP contribution >= 0.6 is 0 Å². The number of aromatic nitrogens is 1. The molecule has 0 unspecified atom stereocenters. The van der Waals surface area contributed by atoms with Crippen molar-refractivity contribution in [2.24, 2.45) is 5.41 Å². The van der Waals surface area contributed by atoms with Crippen molar-refractivity contribution in [1.29, 1.82) is 0 Å². The molecule has 0 atom stereocenters. The fourth-order valence-corrected chi connectivity index (χ4v) is 3.05. The van der Waals surface area contributed by atoms with Crippen LogP contribution in [0.5, 0.6) is 0 Å². The monoisotopic (exact) mass is 294 g/mol. The van der Waals surface area contributed by atoms with Crippen LogP contribution in [0.25, 0.3) is 0 Å². The fourth-order valence-electron chi connectivity index (χ4n) is 3.05. The van der Waals surface area contributed by atoms with E-state index in [0.29, 0.717) is 0 Å². The van der Waals surface area contributed by atoms with Crippen molar-refractivity contribution in [2.45, 2.75) is 44.9 Å². The summed E-state index contributed by atoms with van der Waals surface area (Å²) in [5, 5.41) is 11.6. The maximum absolute atomic E-state index is 13.5. The van der Waals surface area contributed by atoms with Gasteiger partial charge in [0.15, 0.2) is 5.82 Å². The third-order valence-corrected chi connectivity index (χ3v) is 4.02. The minimum Gasteiger partial charge on any atom is -0.481 e. The van der Waals surface area contributed by atoms with Crippen molar-refractivity contribution in [3.8, 4) is 0 Å². The van der Waals surface area contributed by atoms with Gasteiger partial charge in [0.25, 0.3) is 0 Å². The standard InChI is InChI=1S/C15H19FN2O3/c16-11-10-17-7-4-12(11)18-13(19)8-15(9-14(20)21)5-2-1-3-6-15/h4,7,10H,1-3,5-6,8-9H2,(H,20,21)(H,17,18,19). The topological polar surface area (TPSA) is 79.3 Å². The number of hydrogen-bond acceptors (Lipinski definition) is 3. The van der Waals surface area contributed by atoms with E-state index in [1.807, 2.05) is 0 Å². The number of carbonyl (C=O) groups excluding carboxylic acids is 1. The van der Waals surface area contributed by atoms with Crippen molar-refractivity contribution in [3.05, 3.63) is 24.3 Å². The molecule has 0 aliphatic heterocycles. The van der Waals surface area contributed by atoms with E-state index in [0.717, 1.165) is 38.3 Å². The van der Waals surface area contributed by atoms with Crippen LogP contribution < -0.4 is 5.32 Å². The molecule has 1 aromatic rings. The van der Waals surface area contributed by atoms with E-state index < -0.39 is 17.2 Å². The molecule has 1 aromatic heterocycles. The van der Waals surface area contributed by atoms with E-state index in [9.17, 15) is 14.0 Å². The summed E-state index contributed by atoms with van der Waals surface area (Å²) in [4.78, 5) is 26.8. The highest BCUT2D eigenvalue weighted by Gasteiger charge is 2.36. The van der Waals surface area contributed by atoms with Crippen LogP contribution in [-0.4, -0.2) is 22.0 Å². The largest absolute Gasteiger partial charge is 0.481 e. The van der Waals surface area contributed by atoms with Crippen LogP contribution in [0.2, 0.25) is 0 Å². The van der Waals surface area contributed by atoms with Gasteiger partial charge in [0.05, 0.1) is 18.3 Å². The van der Waals surface area contributed by atoms with Gasteiger partial charge in [0.2, 0.25) is 5.91 Å². The molecular formula is C15H19FN2O3. The first-order valence-electron chi connectivity index (χ1n) is 7.12. The molecule has 0 spiro atoms. The summed E-state index contributed by atoms with van der Waals surface area (Å²) in [5.41, 5.74) is -0.422. The van der Waals surface area contributed by atoms with Crippen LogP contribution in [0, 0.1) is 11.2 Å². The summed E-state index contributed by atoms with van der Waals surface area (Å²) in [7, 11) is 0. The first-order valence-corrected chi connectivity index (χ1v) is 7.12. The normalized spacial score (nSPS) is 17.2. The number of anilines is 1. The minimum atomic E-state index is -0.889. The van der Waals surface area contributed by atoms with Crippen LogP contribution in [0.1, 0.15) is 44.9 Å². The van der Waals surface area contributed by atoms with E-state index in [4.69, 9.17) is 5.11 Å². The van der Waals surface area contributed by atoms with Crippen molar-refractivity contribution in [1.82, 2.24) is 4.98 Å². The molecule has 1 aliphatic carbocycles. The number of hydrogen-bond donors (Lipinski definition) is 2. The van der Waals surface area contributed by atoms with Crippen LogP contribution in [0.3, 0.4) is 0 Å². The summed E-state index contributed by atoms with van der Waals surface area (Å²) in [5.74, 6) is -1.83. The molecule has 5 nitrogen and oxygen atoms in total. The Balaban J connectivity index is 2.04. The molecular weight excluding hydrogens is 275 g/mol. The Morgan fingerprint density at radius 2 is 2.00 bits per heavy atom. The van der Waals surface area contributed by atoms with Crippen molar-refractivity contribution < 1.29 is 19.1 Å². The SMILES string of the molecule is O=C(O)CC1(CC(=O)Nc2ccncc2F)CCCCC1.